The molecule has 0 heterocycles. The van der Waals surface area contributed by atoms with Crippen LogP contribution in [0, 0.1) is 5.82 Å². The Kier molecular flexibility index (Phi) is 5.81. The molecule has 2 aromatic carbocycles. The zero-order chi connectivity index (χ0) is 14.5. The molecule has 0 aliphatic heterocycles. The fraction of sp³-hybridized carbons (Fsp3) is 0.133. The number of carbonyl (C=O) groups excluding carboxylic acids is 1. The molecule has 2 rings (SSSR count). The van der Waals surface area contributed by atoms with Crippen LogP contribution in [0.5, 0.6) is 0 Å². The van der Waals surface area contributed by atoms with Crippen LogP contribution in [-0.2, 0) is 11.2 Å². The average molecular weight is 418 g/mol. The van der Waals surface area contributed by atoms with Gasteiger partial charge in [-0.3, -0.25) is 4.79 Å². The van der Waals surface area contributed by atoms with Crippen LogP contribution in [0.25, 0.3) is 0 Å². The standard InChI is InChI=1S/C15H11Br2FOS/c16-11-2-1-3-15(8-11)20-9-14(19)6-10-4-12(17)7-13(18)5-10/h1-5,7-8H,6,9H2. The van der Waals surface area contributed by atoms with Gasteiger partial charge in [-0.05, 0) is 42.0 Å². The first-order valence-corrected chi connectivity index (χ1v) is 8.45. The van der Waals surface area contributed by atoms with E-state index in [0.717, 1.165) is 9.37 Å². The van der Waals surface area contributed by atoms with Crippen molar-refractivity contribution in [3.63, 3.8) is 0 Å². The molecular formula is C15H11Br2FOS. The van der Waals surface area contributed by atoms with Gasteiger partial charge in [-0.2, -0.15) is 0 Å². The van der Waals surface area contributed by atoms with Gasteiger partial charge in [-0.25, -0.2) is 4.39 Å². The van der Waals surface area contributed by atoms with Gasteiger partial charge in [-0.15, -0.1) is 11.8 Å². The zero-order valence-electron chi connectivity index (χ0n) is 10.4. The number of hydrogen-bond acceptors (Lipinski definition) is 2. The van der Waals surface area contributed by atoms with Crippen molar-refractivity contribution < 1.29 is 9.18 Å². The Balaban J connectivity index is 1.92. The Morgan fingerprint density at radius 3 is 2.60 bits per heavy atom. The molecule has 5 heteroatoms. The molecule has 0 amide bonds. The quantitative estimate of drug-likeness (QED) is 0.617. The van der Waals surface area contributed by atoms with E-state index >= 15 is 0 Å². The van der Waals surface area contributed by atoms with Gasteiger partial charge in [-0.1, -0.05) is 37.9 Å². The SMILES string of the molecule is O=C(CSc1cccc(Br)c1)Cc1cc(F)cc(Br)c1. The lowest BCUT2D eigenvalue weighted by atomic mass is 10.1. The van der Waals surface area contributed by atoms with Crippen LogP contribution in [-0.4, -0.2) is 11.5 Å². The first-order chi connectivity index (χ1) is 9.52. The molecule has 0 saturated heterocycles. The molecule has 0 fully saturated rings. The minimum Gasteiger partial charge on any atom is -0.298 e. The van der Waals surface area contributed by atoms with E-state index in [9.17, 15) is 9.18 Å². The Labute approximate surface area is 138 Å². The van der Waals surface area contributed by atoms with Crippen molar-refractivity contribution in [3.8, 4) is 0 Å². The number of halogens is 3. The fourth-order valence-corrected chi connectivity index (χ4v) is 3.59. The summed E-state index contributed by atoms with van der Waals surface area (Å²) in [4.78, 5) is 13.0. The van der Waals surface area contributed by atoms with Gasteiger partial charge in [0.1, 0.15) is 11.6 Å². The molecule has 0 saturated carbocycles. The highest BCUT2D eigenvalue weighted by atomic mass is 79.9. The highest BCUT2D eigenvalue weighted by Crippen LogP contribution is 2.22. The summed E-state index contributed by atoms with van der Waals surface area (Å²) in [5.41, 5.74) is 0.691. The molecule has 0 bridgehead atoms. The van der Waals surface area contributed by atoms with Crippen LogP contribution in [0.15, 0.2) is 56.3 Å². The molecular weight excluding hydrogens is 407 g/mol. The first-order valence-electron chi connectivity index (χ1n) is 5.88. The summed E-state index contributed by atoms with van der Waals surface area (Å²) < 4.78 is 14.9. The van der Waals surface area contributed by atoms with Crippen molar-refractivity contribution in [2.75, 3.05) is 5.75 Å². The van der Waals surface area contributed by atoms with Crippen molar-refractivity contribution in [3.05, 3.63) is 62.8 Å². The van der Waals surface area contributed by atoms with Gasteiger partial charge >= 0.3 is 0 Å². The number of carbonyl (C=O) groups is 1. The molecule has 0 spiro atoms. The van der Waals surface area contributed by atoms with Crippen LogP contribution in [0.1, 0.15) is 5.56 Å². The third-order valence-electron chi connectivity index (χ3n) is 2.52. The Morgan fingerprint density at radius 2 is 1.90 bits per heavy atom. The summed E-state index contributed by atoms with van der Waals surface area (Å²) in [6, 6.07) is 12.3. The molecule has 1 nitrogen and oxygen atoms in total. The Hall–Kier alpha value is -0.650. The molecule has 2 aromatic rings. The van der Waals surface area contributed by atoms with Crippen LogP contribution >= 0.6 is 43.6 Å². The second-order valence-corrected chi connectivity index (χ2v) is 7.12. The smallest absolute Gasteiger partial charge is 0.147 e. The second kappa shape index (κ2) is 7.38. The monoisotopic (exact) mass is 416 g/mol. The van der Waals surface area contributed by atoms with Crippen LogP contribution < -0.4 is 0 Å². The summed E-state index contributed by atoms with van der Waals surface area (Å²) in [6.07, 6.45) is 0.247. The summed E-state index contributed by atoms with van der Waals surface area (Å²) in [5.74, 6) is 0.124. The minimum atomic E-state index is -0.332. The van der Waals surface area contributed by atoms with E-state index in [1.807, 2.05) is 24.3 Å². The van der Waals surface area contributed by atoms with Gasteiger partial charge in [0.25, 0.3) is 0 Å². The maximum atomic E-state index is 13.2. The van der Waals surface area contributed by atoms with Crippen molar-refractivity contribution in [1.29, 1.82) is 0 Å². The number of thioether (sulfide) groups is 1. The molecule has 0 aliphatic rings. The predicted molar refractivity (Wildman–Crippen MR) is 87.7 cm³/mol. The number of hydrogen-bond donors (Lipinski definition) is 0. The van der Waals surface area contributed by atoms with Gasteiger partial charge in [0.2, 0.25) is 0 Å². The van der Waals surface area contributed by atoms with Crippen molar-refractivity contribution in [2.45, 2.75) is 11.3 Å². The molecule has 0 unspecified atom stereocenters. The summed E-state index contributed by atoms with van der Waals surface area (Å²) in [5, 5.41) is 0. The molecule has 0 aliphatic carbocycles. The number of Topliss-reactive ketones (excluding diaryl/α,β-unsaturated/α-hetero) is 1. The van der Waals surface area contributed by atoms with E-state index in [-0.39, 0.29) is 18.0 Å². The van der Waals surface area contributed by atoms with Gasteiger partial charge in [0.15, 0.2) is 0 Å². The molecule has 20 heavy (non-hydrogen) atoms. The zero-order valence-corrected chi connectivity index (χ0v) is 14.4. The van der Waals surface area contributed by atoms with Crippen molar-refractivity contribution in [1.82, 2.24) is 0 Å². The largest absolute Gasteiger partial charge is 0.298 e. The molecule has 0 N–H and O–H groups in total. The minimum absolute atomic E-state index is 0.0764. The van der Waals surface area contributed by atoms with E-state index in [0.29, 0.717) is 15.8 Å². The summed E-state index contributed by atoms with van der Waals surface area (Å²) in [6.45, 7) is 0. The summed E-state index contributed by atoms with van der Waals surface area (Å²) >= 11 is 8.10. The van der Waals surface area contributed by atoms with Crippen molar-refractivity contribution >= 4 is 49.4 Å². The number of benzene rings is 2. The summed E-state index contributed by atoms with van der Waals surface area (Å²) in [7, 11) is 0. The third kappa shape index (κ3) is 5.04. The maximum Gasteiger partial charge on any atom is 0.147 e. The predicted octanol–water partition coefficient (Wildman–Crippen LogP) is 5.25. The van der Waals surface area contributed by atoms with Crippen LogP contribution in [0.2, 0.25) is 0 Å². The first kappa shape index (κ1) is 15.7. The lowest BCUT2D eigenvalue weighted by Gasteiger charge is -2.04. The number of rotatable bonds is 5. The average Bonchev–Trinajstić information content (AvgIpc) is 2.35. The van der Waals surface area contributed by atoms with E-state index < -0.39 is 0 Å². The van der Waals surface area contributed by atoms with Gasteiger partial charge in [0, 0.05) is 20.3 Å². The fourth-order valence-electron chi connectivity index (χ4n) is 1.71. The van der Waals surface area contributed by atoms with E-state index in [1.54, 1.807) is 6.07 Å². The normalized spacial score (nSPS) is 10.6. The van der Waals surface area contributed by atoms with Gasteiger partial charge < -0.3 is 0 Å². The van der Waals surface area contributed by atoms with E-state index in [2.05, 4.69) is 31.9 Å². The lowest BCUT2D eigenvalue weighted by Crippen LogP contribution is -2.06. The molecule has 0 atom stereocenters. The maximum absolute atomic E-state index is 13.2. The van der Waals surface area contributed by atoms with Gasteiger partial charge in [0.05, 0.1) is 5.75 Å². The van der Waals surface area contributed by atoms with E-state index in [4.69, 9.17) is 0 Å². The number of ketones is 1. The van der Waals surface area contributed by atoms with Crippen LogP contribution in [0.4, 0.5) is 4.39 Å². The topological polar surface area (TPSA) is 17.1 Å². The molecule has 0 radical (unpaired) electrons. The highest BCUT2D eigenvalue weighted by Gasteiger charge is 2.07. The Bertz CT molecular complexity index is 611. The molecule has 104 valence electrons. The second-order valence-electron chi connectivity index (χ2n) is 4.24. The van der Waals surface area contributed by atoms with E-state index in [1.165, 1.54) is 23.9 Å². The molecule has 0 aromatic heterocycles. The highest BCUT2D eigenvalue weighted by molar-refractivity contribution is 9.10. The van der Waals surface area contributed by atoms with Crippen LogP contribution in [0.3, 0.4) is 0 Å². The van der Waals surface area contributed by atoms with Crippen molar-refractivity contribution in [2.24, 2.45) is 0 Å². The Morgan fingerprint density at radius 1 is 1.10 bits per heavy atom. The third-order valence-corrected chi connectivity index (χ3v) is 4.52. The lowest BCUT2D eigenvalue weighted by molar-refractivity contribution is -0.116.